The van der Waals surface area contributed by atoms with Crippen LogP contribution in [-0.4, -0.2) is 69.8 Å². The molecule has 3 heterocycles. The van der Waals surface area contributed by atoms with Gasteiger partial charge < -0.3 is 5.11 Å². The number of benzene rings is 2. The van der Waals surface area contributed by atoms with Crippen LogP contribution in [0.1, 0.15) is 42.5 Å². The molecule has 2 aromatic carbocycles. The summed E-state index contributed by atoms with van der Waals surface area (Å²) in [6, 6.07) is 6.06. The van der Waals surface area contributed by atoms with E-state index in [1.54, 1.807) is 0 Å². The van der Waals surface area contributed by atoms with Gasteiger partial charge in [-0.25, -0.2) is 32.5 Å². The maximum atomic E-state index is 12.3. The molecule has 238 valence electrons. The van der Waals surface area contributed by atoms with Crippen molar-refractivity contribution in [2.75, 3.05) is 0 Å². The Balaban J connectivity index is 1.83. The first-order valence-corrected chi connectivity index (χ1v) is 16.9. The summed E-state index contributed by atoms with van der Waals surface area (Å²) in [5.74, 6) is -2.13. The first-order valence-electron chi connectivity index (χ1n) is 12.5. The highest BCUT2D eigenvalue weighted by molar-refractivity contribution is 7.89. The molecule has 3 aromatic heterocycles. The zero-order chi connectivity index (χ0) is 33.4. The number of aromatic amines is 1. The fraction of sp³-hybridized carbons (Fsp3) is 0.208. The van der Waals surface area contributed by atoms with E-state index >= 15 is 0 Å². The summed E-state index contributed by atoms with van der Waals surface area (Å²) in [6.45, 7) is 6.70. The molecule has 5 rings (SSSR count). The maximum absolute atomic E-state index is 12.3. The van der Waals surface area contributed by atoms with Crippen LogP contribution in [-0.2, 0) is 35.7 Å². The van der Waals surface area contributed by atoms with Gasteiger partial charge in [0.25, 0.3) is 20.2 Å². The van der Waals surface area contributed by atoms with Gasteiger partial charge in [-0.05, 0) is 43.3 Å². The number of sulfonamides is 1. The molecular weight excluding hydrogens is 657 g/mol. The third kappa shape index (κ3) is 5.71. The summed E-state index contributed by atoms with van der Waals surface area (Å²) in [6.07, 6.45) is 0. The number of aromatic nitrogens is 5. The van der Waals surface area contributed by atoms with E-state index in [1.807, 2.05) is 20.8 Å². The monoisotopic (exact) mass is 680 g/mol. The number of fused-ring (bicyclic) bond motifs is 3. The predicted molar refractivity (Wildman–Crippen MR) is 156 cm³/mol. The summed E-state index contributed by atoms with van der Waals surface area (Å²) >= 11 is 0. The molecule has 0 saturated carbocycles. The molecule has 0 unspecified atom stereocenters. The molecule has 18 nitrogen and oxygen atoms in total. The summed E-state index contributed by atoms with van der Waals surface area (Å²) < 4.78 is 93.6. The van der Waals surface area contributed by atoms with E-state index < -0.39 is 68.5 Å². The molecule has 0 fully saturated rings. The first kappa shape index (κ1) is 31.9. The Morgan fingerprint density at radius 3 is 2.16 bits per heavy atom. The Morgan fingerprint density at radius 1 is 0.956 bits per heavy atom. The van der Waals surface area contributed by atoms with Gasteiger partial charge in [0.2, 0.25) is 10.0 Å². The van der Waals surface area contributed by atoms with Gasteiger partial charge in [0.1, 0.15) is 10.5 Å². The number of aryl methyl sites for hydroxylation is 1. The zero-order valence-corrected chi connectivity index (χ0v) is 26.1. The average molecular weight is 681 g/mol. The zero-order valence-electron chi connectivity index (χ0n) is 23.6. The molecule has 0 aliphatic rings. The fourth-order valence-corrected chi connectivity index (χ4v) is 6.25. The number of nitrogens with one attached hydrogen (secondary N) is 1. The van der Waals surface area contributed by atoms with Crippen molar-refractivity contribution in [2.24, 2.45) is 15.4 Å². The molecule has 5 aromatic rings. The second-order valence-electron chi connectivity index (χ2n) is 10.8. The lowest BCUT2D eigenvalue weighted by atomic mass is 9.91. The predicted octanol–water partition coefficient (Wildman–Crippen LogP) is 2.86. The first-order chi connectivity index (χ1) is 20.6. The molecule has 0 bridgehead atoms. The van der Waals surface area contributed by atoms with Crippen molar-refractivity contribution in [1.29, 1.82) is 0 Å². The molecule has 0 aliphatic heterocycles. The van der Waals surface area contributed by atoms with Gasteiger partial charge in [-0.15, -0.1) is 10.2 Å². The number of nitrogens with zero attached hydrogens (tertiary/aromatic N) is 6. The van der Waals surface area contributed by atoms with Crippen molar-refractivity contribution < 1.29 is 44.3 Å². The summed E-state index contributed by atoms with van der Waals surface area (Å²) in [4.78, 5) is 14.9. The number of primary sulfonamides is 1. The fourth-order valence-electron chi connectivity index (χ4n) is 4.56. The van der Waals surface area contributed by atoms with Gasteiger partial charge in [-0.2, -0.15) is 21.9 Å². The third-order valence-corrected chi connectivity index (χ3v) is 9.27. The van der Waals surface area contributed by atoms with E-state index in [-0.39, 0.29) is 21.9 Å². The van der Waals surface area contributed by atoms with Gasteiger partial charge in [-0.3, -0.25) is 14.2 Å². The highest BCUT2D eigenvalue weighted by Gasteiger charge is 2.30. The molecule has 45 heavy (non-hydrogen) atoms. The van der Waals surface area contributed by atoms with Crippen LogP contribution in [0, 0.1) is 6.92 Å². The minimum Gasteiger partial charge on any atom is -0.477 e. The van der Waals surface area contributed by atoms with E-state index in [4.69, 9.17) is 5.14 Å². The number of rotatable bonds is 7. The lowest BCUT2D eigenvalue weighted by molar-refractivity contribution is 0.0697. The number of carbonyl (C=O) groups is 1. The van der Waals surface area contributed by atoms with Gasteiger partial charge in [0.05, 0.1) is 37.9 Å². The van der Waals surface area contributed by atoms with Crippen LogP contribution in [0.15, 0.2) is 61.3 Å². The van der Waals surface area contributed by atoms with Crippen LogP contribution < -0.4 is 5.14 Å². The molecule has 0 amide bonds. The molecule has 0 saturated heterocycles. The Morgan fingerprint density at radius 2 is 1.60 bits per heavy atom. The summed E-state index contributed by atoms with van der Waals surface area (Å²) in [7, 11) is -14.0. The molecule has 0 aliphatic carbocycles. The van der Waals surface area contributed by atoms with E-state index in [2.05, 4.69) is 25.4 Å². The van der Waals surface area contributed by atoms with E-state index in [0.717, 1.165) is 0 Å². The number of aromatic carboxylic acids is 1. The van der Waals surface area contributed by atoms with Gasteiger partial charge >= 0.3 is 5.97 Å². The van der Waals surface area contributed by atoms with Crippen molar-refractivity contribution in [2.45, 2.75) is 47.8 Å². The molecule has 0 atom stereocenters. The van der Waals surface area contributed by atoms with Crippen LogP contribution >= 0.6 is 0 Å². The number of carboxylic acids is 1. The normalized spacial score (nSPS) is 13.4. The molecule has 0 radical (unpaired) electrons. The number of nitrogens with two attached hydrogens (primary N) is 1. The van der Waals surface area contributed by atoms with Crippen molar-refractivity contribution in [3.63, 3.8) is 0 Å². The highest BCUT2D eigenvalue weighted by atomic mass is 32.2. The summed E-state index contributed by atoms with van der Waals surface area (Å²) in [5.41, 5.74) is -0.756. The van der Waals surface area contributed by atoms with E-state index in [9.17, 15) is 44.3 Å². The lowest BCUT2D eigenvalue weighted by Gasteiger charge is -2.16. The van der Waals surface area contributed by atoms with Gasteiger partial charge in [0, 0.05) is 5.41 Å². The number of H-pyrrole nitrogens is 1. The number of hydrogen-bond acceptors (Lipinski definition) is 11. The standard InChI is InChI=1S/C24H24N8O10S3/c1-11-18(23(33)34)21(32(29-11)16-10-13(44(37,38)39)6-8-17(16)45(40,41)42)28-27-19-20(24(2,3)4)30-31-15-9-12(43(25,35)36)5-7-14(15)26-22(19)31/h5-10,30H,1-4H3,(H,33,34)(H2,25,35,36)(H,37,38,39)(H,40,41,42). The summed E-state index contributed by atoms with van der Waals surface area (Å²) in [5, 5.41) is 30.8. The van der Waals surface area contributed by atoms with Crippen LogP contribution in [0.5, 0.6) is 0 Å². The Kier molecular flexibility index (Phi) is 7.26. The second kappa shape index (κ2) is 10.3. The van der Waals surface area contributed by atoms with E-state index in [0.29, 0.717) is 39.6 Å². The number of hydrogen-bond donors (Lipinski definition) is 5. The minimum absolute atomic E-state index is 0.0827. The molecule has 6 N–H and O–H groups in total. The molecule has 0 spiro atoms. The average Bonchev–Trinajstić information content (AvgIpc) is 3.54. The molecule has 21 heteroatoms. The van der Waals surface area contributed by atoms with Crippen LogP contribution in [0.4, 0.5) is 11.5 Å². The van der Waals surface area contributed by atoms with Crippen molar-refractivity contribution in [3.8, 4) is 5.69 Å². The Labute approximate surface area is 254 Å². The topological polar surface area (TPSA) is 282 Å². The highest BCUT2D eigenvalue weighted by Crippen LogP contribution is 2.38. The Hall–Kier alpha value is -4.54. The minimum atomic E-state index is -5.05. The van der Waals surface area contributed by atoms with Gasteiger partial charge in [-0.1, -0.05) is 20.8 Å². The smallest absolute Gasteiger partial charge is 0.341 e. The van der Waals surface area contributed by atoms with Crippen molar-refractivity contribution in [3.05, 3.63) is 53.3 Å². The Bertz CT molecular complexity index is 2430. The van der Waals surface area contributed by atoms with Crippen LogP contribution in [0.3, 0.4) is 0 Å². The second-order valence-corrected chi connectivity index (χ2v) is 15.2. The SMILES string of the molecule is Cc1nn(-c2cc(S(=O)(=O)O)ccc2S(=O)(=O)O)c(N=Nc2c(C(C)(C)C)[nH]n3c2nc2ccc(S(N)(=O)=O)cc23)c1C(=O)O. The van der Waals surface area contributed by atoms with Crippen molar-refractivity contribution >= 4 is 64.4 Å². The van der Waals surface area contributed by atoms with Crippen molar-refractivity contribution in [1.82, 2.24) is 24.4 Å². The number of azo groups is 1. The van der Waals surface area contributed by atoms with Crippen LogP contribution in [0.25, 0.3) is 22.4 Å². The largest absolute Gasteiger partial charge is 0.477 e. The quantitative estimate of drug-likeness (QED) is 0.123. The lowest BCUT2D eigenvalue weighted by Crippen LogP contribution is -2.13. The molecular formula is C24H24N8O10S3. The van der Waals surface area contributed by atoms with Gasteiger partial charge in [0.15, 0.2) is 17.2 Å². The number of imidazole rings is 1. The van der Waals surface area contributed by atoms with E-state index in [1.165, 1.54) is 29.6 Å². The van der Waals surface area contributed by atoms with Crippen LogP contribution in [0.2, 0.25) is 0 Å². The maximum Gasteiger partial charge on any atom is 0.341 e. The number of carboxylic acid groups (broad SMARTS) is 1. The third-order valence-electron chi connectivity index (χ3n) is 6.61.